The molecule has 0 saturated carbocycles. The molecule has 0 radical (unpaired) electrons. The third kappa shape index (κ3) is 2.19. The number of alkyl halides is 2. The molecule has 2 heteroatoms. The third-order valence-corrected chi connectivity index (χ3v) is 2.13. The molecule has 2 atom stereocenters. The van der Waals surface area contributed by atoms with Gasteiger partial charge in [0.05, 0.1) is 5.38 Å². The second-order valence-electron chi connectivity index (χ2n) is 2.57. The van der Waals surface area contributed by atoms with E-state index in [0.29, 0.717) is 0 Å². The van der Waals surface area contributed by atoms with Crippen molar-refractivity contribution in [2.75, 3.05) is 0 Å². The van der Waals surface area contributed by atoms with Crippen LogP contribution in [0.4, 0.5) is 0 Å². The van der Waals surface area contributed by atoms with Gasteiger partial charge in [0, 0.05) is 5.38 Å². The monoisotopic (exact) mass is 164 g/mol. The van der Waals surface area contributed by atoms with Crippen molar-refractivity contribution in [2.45, 2.75) is 30.5 Å². The first-order chi connectivity index (χ1) is 4.18. The van der Waals surface area contributed by atoms with E-state index in [-0.39, 0.29) is 10.8 Å². The average Bonchev–Trinajstić information content (AvgIpc) is 1.59. The fourth-order valence-electron chi connectivity index (χ4n) is 1.12. The molecule has 0 saturated heterocycles. The van der Waals surface area contributed by atoms with Crippen molar-refractivity contribution in [1.82, 2.24) is 0 Å². The van der Waals surface area contributed by atoms with Gasteiger partial charge in [-0.3, -0.25) is 0 Å². The van der Waals surface area contributed by atoms with E-state index < -0.39 is 0 Å². The van der Waals surface area contributed by atoms with Gasteiger partial charge in [0.25, 0.3) is 0 Å². The molecule has 0 nitrogen and oxygen atoms in total. The molecule has 1 aliphatic carbocycles. The minimum Gasteiger partial charge on any atom is -0.123 e. The Morgan fingerprint density at radius 1 is 1.56 bits per heavy atom. The molecule has 0 aliphatic heterocycles. The summed E-state index contributed by atoms with van der Waals surface area (Å²) < 4.78 is 0. The molecule has 52 valence electrons. The second-order valence-corrected chi connectivity index (χ2v) is 3.74. The molecule has 0 heterocycles. The van der Waals surface area contributed by atoms with Crippen LogP contribution in [0.5, 0.6) is 0 Å². The van der Waals surface area contributed by atoms with Crippen molar-refractivity contribution < 1.29 is 0 Å². The Morgan fingerprint density at radius 3 is 2.67 bits per heavy atom. The van der Waals surface area contributed by atoms with E-state index in [4.69, 9.17) is 23.2 Å². The zero-order valence-corrected chi connectivity index (χ0v) is 6.91. The van der Waals surface area contributed by atoms with Gasteiger partial charge in [-0.05, 0) is 19.8 Å². The first-order valence-corrected chi connectivity index (χ1v) is 4.01. The van der Waals surface area contributed by atoms with Gasteiger partial charge >= 0.3 is 0 Å². The van der Waals surface area contributed by atoms with Crippen molar-refractivity contribution >= 4 is 23.2 Å². The summed E-state index contributed by atoms with van der Waals surface area (Å²) >= 11 is 11.7. The van der Waals surface area contributed by atoms with Crippen LogP contribution >= 0.6 is 23.2 Å². The van der Waals surface area contributed by atoms with Crippen LogP contribution in [0.3, 0.4) is 0 Å². The van der Waals surface area contributed by atoms with Crippen LogP contribution in [0, 0.1) is 0 Å². The SMILES string of the molecule is CC1=CC(Cl)CC(Cl)C1. The summed E-state index contributed by atoms with van der Waals surface area (Å²) in [6.45, 7) is 2.07. The molecule has 0 aromatic rings. The highest BCUT2D eigenvalue weighted by atomic mass is 35.5. The highest BCUT2D eigenvalue weighted by Crippen LogP contribution is 2.25. The molecule has 9 heavy (non-hydrogen) atoms. The summed E-state index contributed by atoms with van der Waals surface area (Å²) in [5.41, 5.74) is 1.32. The number of rotatable bonds is 0. The molecule has 0 spiro atoms. The molecule has 2 unspecified atom stereocenters. The predicted octanol–water partition coefficient (Wildman–Crippen LogP) is 2.94. The molecule has 0 aromatic carbocycles. The Bertz CT molecular complexity index is 129. The van der Waals surface area contributed by atoms with E-state index in [0.717, 1.165) is 12.8 Å². The van der Waals surface area contributed by atoms with E-state index in [2.05, 4.69) is 13.0 Å². The van der Waals surface area contributed by atoms with Crippen molar-refractivity contribution in [1.29, 1.82) is 0 Å². The first-order valence-electron chi connectivity index (χ1n) is 3.14. The van der Waals surface area contributed by atoms with Gasteiger partial charge in [-0.2, -0.15) is 0 Å². The van der Waals surface area contributed by atoms with E-state index in [1.807, 2.05) is 0 Å². The van der Waals surface area contributed by atoms with Crippen LogP contribution in [-0.4, -0.2) is 10.8 Å². The van der Waals surface area contributed by atoms with Crippen LogP contribution in [-0.2, 0) is 0 Å². The van der Waals surface area contributed by atoms with Crippen molar-refractivity contribution in [2.24, 2.45) is 0 Å². The van der Waals surface area contributed by atoms with Crippen molar-refractivity contribution in [3.05, 3.63) is 11.6 Å². The largest absolute Gasteiger partial charge is 0.123 e. The molecule has 1 aliphatic rings. The highest BCUT2D eigenvalue weighted by Gasteiger charge is 2.15. The summed E-state index contributed by atoms with van der Waals surface area (Å²) in [6, 6.07) is 0. The molecular formula is C7H10Cl2. The normalized spacial score (nSPS) is 36.1. The molecule has 1 rings (SSSR count). The zero-order valence-electron chi connectivity index (χ0n) is 5.40. The first kappa shape index (κ1) is 7.43. The zero-order chi connectivity index (χ0) is 6.85. The van der Waals surface area contributed by atoms with Gasteiger partial charge in [-0.15, -0.1) is 23.2 Å². The van der Waals surface area contributed by atoms with Gasteiger partial charge in [-0.25, -0.2) is 0 Å². The number of halogens is 2. The van der Waals surface area contributed by atoms with Gasteiger partial charge in [0.15, 0.2) is 0 Å². The lowest BCUT2D eigenvalue weighted by molar-refractivity contribution is 0.716. The lowest BCUT2D eigenvalue weighted by Crippen LogP contribution is -2.12. The quantitative estimate of drug-likeness (QED) is 0.382. The topological polar surface area (TPSA) is 0 Å². The second kappa shape index (κ2) is 2.94. The summed E-state index contributed by atoms with van der Waals surface area (Å²) in [4.78, 5) is 0. The van der Waals surface area contributed by atoms with Crippen LogP contribution in [0.2, 0.25) is 0 Å². The molecule has 0 bridgehead atoms. The van der Waals surface area contributed by atoms with Gasteiger partial charge in [-0.1, -0.05) is 11.6 Å². The van der Waals surface area contributed by atoms with Crippen LogP contribution in [0.1, 0.15) is 19.8 Å². The van der Waals surface area contributed by atoms with E-state index in [1.165, 1.54) is 5.57 Å². The lowest BCUT2D eigenvalue weighted by Gasteiger charge is -2.18. The minimum absolute atomic E-state index is 0.168. The molecule has 0 N–H and O–H groups in total. The average molecular weight is 165 g/mol. The number of hydrogen-bond donors (Lipinski definition) is 0. The Hall–Kier alpha value is 0.320. The Kier molecular flexibility index (Phi) is 2.42. The Balaban J connectivity index is 2.56. The fraction of sp³-hybridized carbons (Fsp3) is 0.714. The maximum Gasteiger partial charge on any atom is 0.0532 e. The molecule has 0 aromatic heterocycles. The molecule has 0 amide bonds. The van der Waals surface area contributed by atoms with Gasteiger partial charge < -0.3 is 0 Å². The summed E-state index contributed by atoms with van der Waals surface area (Å²) in [5.74, 6) is 0. The standard InChI is InChI=1S/C7H10Cl2/c1-5-2-6(8)4-7(9)3-5/h2,6-7H,3-4H2,1H3. The minimum atomic E-state index is 0.168. The van der Waals surface area contributed by atoms with Crippen molar-refractivity contribution in [3.63, 3.8) is 0 Å². The Labute approximate surface area is 65.8 Å². The lowest BCUT2D eigenvalue weighted by atomic mass is 10.0. The molecule has 0 fully saturated rings. The van der Waals surface area contributed by atoms with Crippen LogP contribution < -0.4 is 0 Å². The van der Waals surface area contributed by atoms with Crippen LogP contribution in [0.15, 0.2) is 11.6 Å². The Morgan fingerprint density at radius 2 is 2.22 bits per heavy atom. The highest BCUT2D eigenvalue weighted by molar-refractivity contribution is 6.24. The predicted molar refractivity (Wildman–Crippen MR) is 42.3 cm³/mol. The summed E-state index contributed by atoms with van der Waals surface area (Å²) in [7, 11) is 0. The maximum atomic E-state index is 5.88. The number of allylic oxidation sites excluding steroid dienone is 2. The maximum absolute atomic E-state index is 5.88. The van der Waals surface area contributed by atoms with E-state index >= 15 is 0 Å². The fourth-order valence-corrected chi connectivity index (χ4v) is 2.08. The summed E-state index contributed by atoms with van der Waals surface area (Å²) in [6.07, 6.45) is 4.01. The van der Waals surface area contributed by atoms with Crippen LogP contribution in [0.25, 0.3) is 0 Å². The van der Waals surface area contributed by atoms with Crippen molar-refractivity contribution in [3.8, 4) is 0 Å². The van der Waals surface area contributed by atoms with E-state index in [1.54, 1.807) is 0 Å². The smallest absolute Gasteiger partial charge is 0.0532 e. The third-order valence-electron chi connectivity index (χ3n) is 1.49. The number of hydrogen-bond acceptors (Lipinski definition) is 0. The van der Waals surface area contributed by atoms with E-state index in [9.17, 15) is 0 Å². The summed E-state index contributed by atoms with van der Waals surface area (Å²) in [5, 5.41) is 0.429. The molecular weight excluding hydrogens is 155 g/mol. The van der Waals surface area contributed by atoms with Gasteiger partial charge in [0.1, 0.15) is 0 Å². The van der Waals surface area contributed by atoms with Gasteiger partial charge in [0.2, 0.25) is 0 Å².